The fraction of sp³-hybridized carbons (Fsp3) is 0.186. The summed E-state index contributed by atoms with van der Waals surface area (Å²) in [6.07, 6.45) is 5.20. The third-order valence-corrected chi connectivity index (χ3v) is 8.63. The van der Waals surface area contributed by atoms with Crippen LogP contribution in [0.5, 0.6) is 0 Å². The van der Waals surface area contributed by atoms with Gasteiger partial charge >= 0.3 is 0 Å². The van der Waals surface area contributed by atoms with Gasteiger partial charge in [-0.25, -0.2) is 0 Å². The Bertz CT molecular complexity index is 2460. The Morgan fingerprint density at radius 1 is 0.776 bits per heavy atom. The van der Waals surface area contributed by atoms with Crippen LogP contribution in [0.25, 0.3) is 61.3 Å². The van der Waals surface area contributed by atoms with Gasteiger partial charge in [0.15, 0.2) is 0 Å². The SMILES string of the molecule is Cc1cncc2c1nc(-c1[c-]ccc3c1oc1ccccc13)n2-c1c(C(C)C)cccc1C(C)C.[2H]C([2H])([2H])c1ccc(-c2[c-]cccc2)nc1.[Ir]. The summed E-state index contributed by atoms with van der Waals surface area (Å²) in [6.45, 7) is 8.97. The average molecular weight is 822 g/mol. The number of para-hydroxylation sites is 2. The predicted octanol–water partition coefficient (Wildman–Crippen LogP) is 11.2. The molecule has 8 rings (SSSR count). The van der Waals surface area contributed by atoms with Gasteiger partial charge in [-0.3, -0.25) is 9.97 Å². The molecule has 0 N–H and O–H groups in total. The number of pyridine rings is 2. The number of imidazole rings is 1. The quantitative estimate of drug-likeness (QED) is 0.162. The van der Waals surface area contributed by atoms with Gasteiger partial charge in [0.05, 0.1) is 28.6 Å². The van der Waals surface area contributed by atoms with Crippen LogP contribution in [-0.2, 0) is 20.1 Å². The number of rotatable bonds is 5. The van der Waals surface area contributed by atoms with Crippen LogP contribution in [-0.4, -0.2) is 19.5 Å². The Labute approximate surface area is 305 Å². The molecule has 4 aromatic carbocycles. The number of hydrogen-bond donors (Lipinski definition) is 0. The molecular formula is C43H38IrN4O-2. The Kier molecular flexibility index (Phi) is 8.80. The van der Waals surface area contributed by atoms with Crippen molar-refractivity contribution in [3.05, 3.63) is 144 Å². The van der Waals surface area contributed by atoms with Crippen molar-refractivity contribution in [2.75, 3.05) is 0 Å². The molecule has 0 saturated carbocycles. The van der Waals surface area contributed by atoms with Crippen molar-refractivity contribution >= 4 is 33.0 Å². The molecule has 49 heavy (non-hydrogen) atoms. The second kappa shape index (κ2) is 14.3. The predicted molar refractivity (Wildman–Crippen MR) is 197 cm³/mol. The van der Waals surface area contributed by atoms with Crippen molar-refractivity contribution < 1.29 is 28.6 Å². The molecule has 5 nitrogen and oxygen atoms in total. The zero-order valence-corrected chi connectivity index (χ0v) is 30.5. The molecule has 0 bridgehead atoms. The van der Waals surface area contributed by atoms with E-state index in [2.05, 4.69) is 91.6 Å². The molecule has 6 heteroatoms. The summed E-state index contributed by atoms with van der Waals surface area (Å²) in [4.78, 5) is 13.9. The van der Waals surface area contributed by atoms with E-state index >= 15 is 0 Å². The van der Waals surface area contributed by atoms with Crippen molar-refractivity contribution in [1.82, 2.24) is 19.5 Å². The summed E-state index contributed by atoms with van der Waals surface area (Å²) in [5.41, 5.74) is 11.1. The molecule has 4 heterocycles. The van der Waals surface area contributed by atoms with E-state index < -0.39 is 6.85 Å². The second-order valence-corrected chi connectivity index (χ2v) is 12.6. The second-order valence-electron chi connectivity index (χ2n) is 12.6. The number of hydrogen-bond acceptors (Lipinski definition) is 4. The minimum atomic E-state index is -2.09. The van der Waals surface area contributed by atoms with E-state index in [1.54, 1.807) is 18.2 Å². The summed E-state index contributed by atoms with van der Waals surface area (Å²) < 4.78 is 30.4. The van der Waals surface area contributed by atoms with E-state index in [0.29, 0.717) is 11.8 Å². The Hall–Kier alpha value is -4.90. The molecule has 0 aliphatic heterocycles. The van der Waals surface area contributed by atoms with Gasteiger partial charge in [-0.2, -0.15) is 0 Å². The summed E-state index contributed by atoms with van der Waals surface area (Å²) >= 11 is 0. The van der Waals surface area contributed by atoms with E-state index in [1.807, 2.05) is 54.9 Å². The minimum absolute atomic E-state index is 0. The van der Waals surface area contributed by atoms with Crippen molar-refractivity contribution in [1.29, 1.82) is 0 Å². The number of benzene rings is 4. The van der Waals surface area contributed by atoms with E-state index in [0.717, 1.165) is 61.2 Å². The maximum atomic E-state index is 7.23. The third kappa shape index (κ3) is 6.47. The Morgan fingerprint density at radius 2 is 1.55 bits per heavy atom. The summed E-state index contributed by atoms with van der Waals surface area (Å²) in [6, 6.07) is 36.1. The molecule has 0 unspecified atom stereocenters. The third-order valence-electron chi connectivity index (χ3n) is 8.63. The number of nitrogens with zero attached hydrogens (tertiary/aromatic N) is 4. The normalized spacial score (nSPS) is 12.4. The van der Waals surface area contributed by atoms with Crippen molar-refractivity contribution in [3.8, 4) is 28.3 Å². The number of fused-ring (bicyclic) bond motifs is 4. The molecular weight excluding hydrogens is 781 g/mol. The van der Waals surface area contributed by atoms with Crippen LogP contribution in [0.2, 0.25) is 0 Å². The van der Waals surface area contributed by atoms with Gasteiger partial charge in [0.2, 0.25) is 0 Å². The van der Waals surface area contributed by atoms with Crippen LogP contribution >= 0.6 is 0 Å². The average Bonchev–Trinajstić information content (AvgIpc) is 3.71. The monoisotopic (exact) mass is 822 g/mol. The topological polar surface area (TPSA) is 56.7 Å². The summed E-state index contributed by atoms with van der Waals surface area (Å²) in [5, 5.41) is 2.17. The van der Waals surface area contributed by atoms with Gasteiger partial charge in [0.1, 0.15) is 5.58 Å². The zero-order chi connectivity index (χ0) is 35.9. The number of aromatic nitrogens is 4. The van der Waals surface area contributed by atoms with Crippen LogP contribution in [0.1, 0.15) is 65.9 Å². The largest absolute Gasteiger partial charge is 0.501 e. The van der Waals surface area contributed by atoms with Crippen LogP contribution in [0.4, 0.5) is 0 Å². The molecule has 0 amide bonds. The van der Waals surface area contributed by atoms with Crippen molar-refractivity contribution in [2.45, 2.75) is 53.3 Å². The molecule has 4 aromatic heterocycles. The fourth-order valence-corrected chi connectivity index (χ4v) is 6.25. The van der Waals surface area contributed by atoms with Crippen LogP contribution in [0, 0.1) is 25.9 Å². The minimum Gasteiger partial charge on any atom is -0.501 e. The summed E-state index contributed by atoms with van der Waals surface area (Å²) in [5.74, 6) is 1.52. The first-order valence-electron chi connectivity index (χ1n) is 17.7. The van der Waals surface area contributed by atoms with E-state index in [9.17, 15) is 0 Å². The molecule has 0 atom stereocenters. The summed E-state index contributed by atoms with van der Waals surface area (Å²) in [7, 11) is 0. The molecule has 1 radical (unpaired) electrons. The molecule has 0 aliphatic rings. The first kappa shape index (κ1) is 30.2. The molecule has 247 valence electrons. The molecule has 0 spiro atoms. The van der Waals surface area contributed by atoms with Gasteiger partial charge in [-0.05, 0) is 59.6 Å². The van der Waals surface area contributed by atoms with Gasteiger partial charge in [-0.1, -0.05) is 87.2 Å². The van der Waals surface area contributed by atoms with Gasteiger partial charge in [0, 0.05) is 47.7 Å². The maximum Gasteiger partial charge on any atom is 0.120 e. The van der Waals surface area contributed by atoms with Crippen molar-refractivity contribution in [2.24, 2.45) is 0 Å². The molecule has 0 aliphatic carbocycles. The molecule has 8 aromatic rings. The van der Waals surface area contributed by atoms with Crippen LogP contribution < -0.4 is 0 Å². The van der Waals surface area contributed by atoms with Gasteiger partial charge < -0.3 is 14.0 Å². The van der Waals surface area contributed by atoms with Crippen LogP contribution in [0.3, 0.4) is 0 Å². The van der Waals surface area contributed by atoms with Gasteiger partial charge in [-0.15, -0.1) is 54.1 Å². The number of furan rings is 1. The molecule has 0 fully saturated rings. The smallest absolute Gasteiger partial charge is 0.120 e. The first-order valence-corrected chi connectivity index (χ1v) is 16.2. The van der Waals surface area contributed by atoms with Crippen molar-refractivity contribution in [3.63, 3.8) is 0 Å². The Balaban J connectivity index is 0.000000230. The Morgan fingerprint density at radius 3 is 2.24 bits per heavy atom. The van der Waals surface area contributed by atoms with E-state index in [1.165, 1.54) is 23.0 Å². The van der Waals surface area contributed by atoms with E-state index in [4.69, 9.17) is 13.5 Å². The van der Waals surface area contributed by atoms with E-state index in [-0.39, 0.29) is 25.7 Å². The maximum absolute atomic E-state index is 7.23. The van der Waals surface area contributed by atoms with Crippen LogP contribution in [0.15, 0.2) is 114 Å². The standard InChI is InChI=1S/C31H28N3O.C12H10N.Ir/c1-18(2)21-11-8-12-22(19(3)4)29(21)34-26-17-32-16-20(5)28(26)33-31(34)25-14-9-13-24-23-10-6-7-15-27(23)35-30(24)25;1-10-7-8-12(13-9-10)11-5-3-2-4-6-11;/h6-13,15-19H,1-5H3;2-5,7-9H,1H3;/q2*-1;/i;1D3;. The zero-order valence-electron chi connectivity index (χ0n) is 31.1. The molecule has 0 saturated heterocycles. The number of aryl methyl sites for hydroxylation is 2. The first-order chi connectivity index (χ1) is 24.5. The van der Waals surface area contributed by atoms with Gasteiger partial charge in [0.25, 0.3) is 0 Å². The fourth-order valence-electron chi connectivity index (χ4n) is 6.25.